The summed E-state index contributed by atoms with van der Waals surface area (Å²) < 4.78 is 45.7. The fourth-order valence-electron chi connectivity index (χ4n) is 2.63. The van der Waals surface area contributed by atoms with Gasteiger partial charge in [0.2, 0.25) is 15.9 Å². The molecule has 1 heterocycles. The van der Waals surface area contributed by atoms with Crippen LogP contribution in [0.1, 0.15) is 12.5 Å². The molecule has 0 spiro atoms. The van der Waals surface area contributed by atoms with Crippen molar-refractivity contribution in [2.45, 2.75) is 24.3 Å². The van der Waals surface area contributed by atoms with Crippen molar-refractivity contribution < 1.29 is 22.3 Å². The second-order valence-electron chi connectivity index (χ2n) is 5.91. The van der Waals surface area contributed by atoms with Gasteiger partial charge < -0.3 is 10.1 Å². The summed E-state index contributed by atoms with van der Waals surface area (Å²) in [6, 6.07) is 8.07. The van der Waals surface area contributed by atoms with Gasteiger partial charge in [0.25, 0.3) is 0 Å². The third-order valence-electron chi connectivity index (χ3n) is 3.76. The fourth-order valence-corrected chi connectivity index (χ4v) is 4.04. The van der Waals surface area contributed by atoms with E-state index in [2.05, 4.69) is 10.0 Å². The molecule has 2 aromatic rings. The number of ether oxygens (including phenoxy) is 1. The van der Waals surface area contributed by atoms with Crippen molar-refractivity contribution in [3.05, 3.63) is 52.8 Å². The number of rotatable bonds is 5. The number of benzene rings is 2. The minimum absolute atomic E-state index is 0.0440. The van der Waals surface area contributed by atoms with Crippen LogP contribution in [0.25, 0.3) is 0 Å². The first-order valence-electron chi connectivity index (χ1n) is 7.79. The normalized spacial score (nSPS) is 16.0. The number of anilines is 1. The molecule has 0 saturated heterocycles. The van der Waals surface area contributed by atoms with Gasteiger partial charge in [-0.15, -0.1) is 0 Å². The Hall–Kier alpha value is -2.16. The van der Waals surface area contributed by atoms with Crippen molar-refractivity contribution in [2.24, 2.45) is 0 Å². The van der Waals surface area contributed by atoms with Gasteiger partial charge in [-0.3, -0.25) is 4.79 Å². The van der Waals surface area contributed by atoms with Crippen molar-refractivity contribution in [1.29, 1.82) is 0 Å². The number of carbonyl (C=O) groups is 1. The molecule has 6 nitrogen and oxygen atoms in total. The summed E-state index contributed by atoms with van der Waals surface area (Å²) in [5.41, 5.74) is 0.940. The molecular weight excluding hydrogens is 383 g/mol. The largest absolute Gasteiger partial charge is 0.489 e. The van der Waals surface area contributed by atoms with E-state index in [0.717, 1.165) is 6.07 Å². The van der Waals surface area contributed by atoms with Crippen LogP contribution < -0.4 is 14.8 Å². The van der Waals surface area contributed by atoms with Crippen molar-refractivity contribution in [3.63, 3.8) is 0 Å². The maximum Gasteiger partial charge on any atom is 0.241 e. The molecular formula is C17H16ClFN2O4S. The average molecular weight is 399 g/mol. The van der Waals surface area contributed by atoms with Crippen LogP contribution in [-0.4, -0.2) is 27.0 Å². The summed E-state index contributed by atoms with van der Waals surface area (Å²) in [6.07, 6.45) is 0.476. The van der Waals surface area contributed by atoms with Crippen LogP contribution in [0.5, 0.6) is 5.75 Å². The Morgan fingerprint density at radius 3 is 2.85 bits per heavy atom. The maximum atomic E-state index is 13.1. The zero-order valence-electron chi connectivity index (χ0n) is 13.8. The summed E-state index contributed by atoms with van der Waals surface area (Å²) >= 11 is 6.10. The van der Waals surface area contributed by atoms with Crippen LogP contribution in [-0.2, 0) is 21.2 Å². The molecule has 0 bridgehead atoms. The Morgan fingerprint density at radius 2 is 2.12 bits per heavy atom. The first kappa shape index (κ1) is 18.6. The molecule has 0 saturated carbocycles. The van der Waals surface area contributed by atoms with Crippen LogP contribution in [0.2, 0.25) is 5.02 Å². The van der Waals surface area contributed by atoms with Crippen molar-refractivity contribution in [3.8, 4) is 5.75 Å². The van der Waals surface area contributed by atoms with Crippen LogP contribution in [0.4, 0.5) is 10.1 Å². The monoisotopic (exact) mass is 398 g/mol. The van der Waals surface area contributed by atoms with E-state index in [9.17, 15) is 17.6 Å². The molecule has 2 N–H and O–H groups in total. The lowest BCUT2D eigenvalue weighted by molar-refractivity contribution is -0.115. The first-order valence-corrected chi connectivity index (χ1v) is 9.65. The molecule has 9 heteroatoms. The number of sulfonamides is 1. The smallest absolute Gasteiger partial charge is 0.241 e. The van der Waals surface area contributed by atoms with Gasteiger partial charge in [-0.25, -0.2) is 17.5 Å². The second-order valence-corrected chi connectivity index (χ2v) is 8.08. The minimum Gasteiger partial charge on any atom is -0.489 e. The highest BCUT2D eigenvalue weighted by molar-refractivity contribution is 7.89. The van der Waals surface area contributed by atoms with Gasteiger partial charge >= 0.3 is 0 Å². The van der Waals surface area contributed by atoms with E-state index in [1.54, 1.807) is 0 Å². The predicted molar refractivity (Wildman–Crippen MR) is 95.5 cm³/mol. The van der Waals surface area contributed by atoms with E-state index < -0.39 is 28.3 Å². The third kappa shape index (κ3) is 4.14. The third-order valence-corrected chi connectivity index (χ3v) is 5.42. The lowest BCUT2D eigenvalue weighted by Crippen LogP contribution is -2.33. The molecule has 26 heavy (non-hydrogen) atoms. The summed E-state index contributed by atoms with van der Waals surface area (Å²) in [5, 5.41) is 2.62. The number of halogens is 2. The zero-order valence-corrected chi connectivity index (χ0v) is 15.3. The predicted octanol–water partition coefficient (Wildman–Crippen LogP) is 2.72. The molecule has 1 aliphatic rings. The Bertz CT molecular complexity index is 965. The van der Waals surface area contributed by atoms with E-state index in [4.69, 9.17) is 16.3 Å². The topological polar surface area (TPSA) is 84.5 Å². The quantitative estimate of drug-likeness (QED) is 0.811. The standard InChI is InChI=1S/C17H16ClFN2O4S/c1-10-5-11-6-14(8-15(18)17(11)25-10)26(23,24)20-9-16(22)21-13-4-2-3-12(19)7-13/h2-4,6-8,10,20H,5,9H2,1H3,(H,21,22). The molecule has 3 rings (SSSR count). The van der Waals surface area contributed by atoms with Gasteiger partial charge in [0, 0.05) is 17.7 Å². The molecule has 0 radical (unpaired) electrons. The Morgan fingerprint density at radius 1 is 1.35 bits per heavy atom. The maximum absolute atomic E-state index is 13.1. The number of amides is 1. The lowest BCUT2D eigenvalue weighted by Gasteiger charge is -2.10. The molecule has 1 atom stereocenters. The summed E-state index contributed by atoms with van der Waals surface area (Å²) in [4.78, 5) is 11.8. The van der Waals surface area contributed by atoms with Gasteiger partial charge in [-0.2, -0.15) is 0 Å². The summed E-state index contributed by atoms with van der Waals surface area (Å²) in [6.45, 7) is 1.36. The van der Waals surface area contributed by atoms with Crippen LogP contribution in [0.3, 0.4) is 0 Å². The van der Waals surface area contributed by atoms with Gasteiger partial charge in [-0.05, 0) is 37.3 Å². The molecule has 0 fully saturated rings. The van der Waals surface area contributed by atoms with Gasteiger partial charge in [0.1, 0.15) is 17.7 Å². The van der Waals surface area contributed by atoms with Crippen molar-refractivity contribution >= 4 is 33.2 Å². The molecule has 0 aliphatic carbocycles. The van der Waals surface area contributed by atoms with E-state index in [0.29, 0.717) is 17.7 Å². The number of nitrogens with one attached hydrogen (secondary N) is 2. The SMILES string of the molecule is CC1Cc2cc(S(=O)(=O)NCC(=O)Nc3cccc(F)c3)cc(Cl)c2O1. The molecule has 138 valence electrons. The lowest BCUT2D eigenvalue weighted by atomic mass is 10.1. The van der Waals surface area contributed by atoms with E-state index in [1.165, 1.54) is 30.3 Å². The molecule has 1 aliphatic heterocycles. The minimum atomic E-state index is -3.94. The first-order chi connectivity index (χ1) is 12.2. The van der Waals surface area contributed by atoms with Crippen molar-refractivity contribution in [2.75, 3.05) is 11.9 Å². The number of fused-ring (bicyclic) bond motifs is 1. The Kier molecular flexibility index (Phi) is 5.17. The fraction of sp³-hybridized carbons (Fsp3) is 0.235. The number of hydrogen-bond acceptors (Lipinski definition) is 4. The van der Waals surface area contributed by atoms with Crippen molar-refractivity contribution in [1.82, 2.24) is 4.72 Å². The van der Waals surface area contributed by atoms with E-state index >= 15 is 0 Å². The van der Waals surface area contributed by atoms with Crippen LogP contribution in [0, 0.1) is 5.82 Å². The molecule has 0 aromatic heterocycles. The van der Waals surface area contributed by atoms with Gasteiger partial charge in [0.15, 0.2) is 0 Å². The highest BCUT2D eigenvalue weighted by Gasteiger charge is 2.26. The highest BCUT2D eigenvalue weighted by Crippen LogP contribution is 2.37. The van der Waals surface area contributed by atoms with Gasteiger partial charge in [-0.1, -0.05) is 17.7 Å². The second kappa shape index (κ2) is 7.22. The summed E-state index contributed by atoms with van der Waals surface area (Å²) in [7, 11) is -3.94. The number of hydrogen-bond donors (Lipinski definition) is 2. The molecule has 2 aromatic carbocycles. The molecule has 1 unspecified atom stereocenters. The van der Waals surface area contributed by atoms with E-state index in [-0.39, 0.29) is 21.7 Å². The van der Waals surface area contributed by atoms with Crippen LogP contribution >= 0.6 is 11.6 Å². The summed E-state index contributed by atoms with van der Waals surface area (Å²) in [5.74, 6) is -0.641. The van der Waals surface area contributed by atoms with Gasteiger partial charge in [0.05, 0.1) is 16.5 Å². The van der Waals surface area contributed by atoms with E-state index in [1.807, 2.05) is 6.92 Å². The van der Waals surface area contributed by atoms with Crippen LogP contribution in [0.15, 0.2) is 41.3 Å². The Balaban J connectivity index is 1.69. The number of carbonyl (C=O) groups excluding carboxylic acids is 1. The average Bonchev–Trinajstić information content (AvgIpc) is 2.94. The molecule has 1 amide bonds. The highest BCUT2D eigenvalue weighted by atomic mass is 35.5. The zero-order chi connectivity index (χ0) is 18.9. The Labute approximate surface area is 155 Å².